The zero-order valence-corrected chi connectivity index (χ0v) is 31.9. The smallest absolute Gasteiger partial charge is 0.295 e. The molecule has 1 amide bonds. The van der Waals surface area contributed by atoms with E-state index in [1.807, 2.05) is 43.1 Å². The van der Waals surface area contributed by atoms with E-state index in [-0.39, 0.29) is 42.8 Å². The largest absolute Gasteiger partial charge is 0.468 e. The fourth-order valence-electron chi connectivity index (χ4n) is 7.02. The van der Waals surface area contributed by atoms with Gasteiger partial charge in [0.05, 0.1) is 25.2 Å². The summed E-state index contributed by atoms with van der Waals surface area (Å²) in [4.78, 5) is 83.4. The number of aromatic amines is 1. The van der Waals surface area contributed by atoms with Gasteiger partial charge in [0.25, 0.3) is 24.4 Å². The molecule has 5 heterocycles. The fraction of sp³-hybridized carbons (Fsp3) is 0.378. The van der Waals surface area contributed by atoms with Crippen LogP contribution < -0.4 is 42.8 Å². The molecule has 1 fully saturated rings. The third kappa shape index (κ3) is 8.11. The number of hydrogen-bond donors (Lipinski definition) is 6. The predicted molar refractivity (Wildman–Crippen MR) is 214 cm³/mol. The lowest BCUT2D eigenvalue weighted by molar-refractivity contribution is -0.136. The first-order chi connectivity index (χ1) is 27.3. The van der Waals surface area contributed by atoms with Gasteiger partial charge in [0.2, 0.25) is 5.95 Å². The lowest BCUT2D eigenvalue weighted by Gasteiger charge is -2.47. The molecule has 3 aromatic rings. The number of nitrogens with zero attached hydrogens (tertiary/aromatic N) is 7. The highest BCUT2D eigenvalue weighted by Gasteiger charge is 2.57. The van der Waals surface area contributed by atoms with Gasteiger partial charge in [-0.1, -0.05) is 0 Å². The Bertz CT molecular complexity index is 2160. The lowest BCUT2D eigenvalue weighted by Crippen LogP contribution is -2.70. The zero-order chi connectivity index (χ0) is 40.9. The Hall–Kier alpha value is -6.83. The quantitative estimate of drug-likeness (QED) is 0.0585. The van der Waals surface area contributed by atoms with Gasteiger partial charge in [-0.25, -0.2) is 9.98 Å². The molecule has 4 aliphatic rings. The van der Waals surface area contributed by atoms with Crippen LogP contribution in [0.2, 0.25) is 0 Å². The summed E-state index contributed by atoms with van der Waals surface area (Å²) in [5.74, 6) is 1.10. The van der Waals surface area contributed by atoms with Crippen molar-refractivity contribution in [3.05, 3.63) is 70.0 Å². The van der Waals surface area contributed by atoms with Crippen LogP contribution in [0.25, 0.3) is 0 Å². The van der Waals surface area contributed by atoms with E-state index in [4.69, 9.17) is 21.2 Å². The first kappa shape index (κ1) is 39.9. The highest BCUT2D eigenvalue weighted by molar-refractivity contribution is 6.08. The Labute approximate surface area is 327 Å². The average Bonchev–Trinajstić information content (AvgIpc) is 3.34. The SMILES string of the molecule is CC(=O)c1ccc(NC[C@@]2(C)C=Nc3nc(N)[nH]c(=O)c3N2C)cc1.CN1C2CN=C3NC(N)=NCC31N(c1ccc(C(=O)NC(CCOC=O)OC=O)cc1)C2. The highest BCUT2D eigenvalue weighted by Crippen LogP contribution is 2.39. The van der Waals surface area contributed by atoms with Crippen molar-refractivity contribution >= 4 is 71.5 Å². The standard InChI is InChI=1S/C20H25N7O5.C17H20N6O2/c1-26-15-8-22-18-20(26,10-23-19(21)25-18)27(9-15)14-4-2-13(3-5-14)17(30)24-16(32-12-29)6-7-31-11-28;1-10(24)11-4-6-12(7-5-11)19-8-17(2)9-20-14-13(23(17)3)15(25)22-16(18)21-14/h2-5,11-12,15-16H,6-10H2,1H3,(H,24,30)(H3,21,22,23,25);4-7,9,19H,8H2,1-3H3,(H3,18,21,22,25)/t;17-/m.0/s1. The highest BCUT2D eigenvalue weighted by atomic mass is 16.5. The Kier molecular flexibility index (Phi) is 11.5. The molecule has 8 N–H and O–H groups in total. The maximum Gasteiger partial charge on any atom is 0.295 e. The van der Waals surface area contributed by atoms with Crippen LogP contribution in [0.15, 0.2) is 68.3 Å². The Morgan fingerprint density at radius 2 is 1.77 bits per heavy atom. The molecule has 20 heteroatoms. The molecular weight excluding hydrogens is 738 g/mol. The molecule has 1 saturated heterocycles. The van der Waals surface area contributed by atoms with Crippen LogP contribution in [0.3, 0.4) is 0 Å². The fourth-order valence-corrected chi connectivity index (χ4v) is 7.02. The second kappa shape index (κ2) is 16.5. The number of carbonyl (C=O) groups excluding carboxylic acids is 4. The number of carbonyl (C=O) groups is 4. The van der Waals surface area contributed by atoms with Gasteiger partial charge >= 0.3 is 0 Å². The molecule has 4 atom stereocenters. The predicted octanol–water partition coefficient (Wildman–Crippen LogP) is 0.203. The van der Waals surface area contributed by atoms with Crippen molar-refractivity contribution in [3.8, 4) is 0 Å². The van der Waals surface area contributed by atoms with Crippen LogP contribution in [0.5, 0.6) is 0 Å². The van der Waals surface area contributed by atoms with E-state index in [0.29, 0.717) is 54.7 Å². The van der Waals surface area contributed by atoms with Crippen molar-refractivity contribution in [2.75, 3.05) is 67.7 Å². The molecule has 0 radical (unpaired) electrons. The van der Waals surface area contributed by atoms with Crippen molar-refractivity contribution in [1.82, 2.24) is 25.5 Å². The average molecular weight is 784 g/mol. The second-order valence-corrected chi connectivity index (χ2v) is 14.0. The van der Waals surface area contributed by atoms with Crippen molar-refractivity contribution < 1.29 is 28.7 Å². The van der Waals surface area contributed by atoms with Crippen LogP contribution in [0.1, 0.15) is 41.0 Å². The maximum absolute atomic E-state index is 12.6. The topological polar surface area (TPSA) is 267 Å². The molecule has 2 bridgehead atoms. The number of guanidine groups is 1. The van der Waals surface area contributed by atoms with Gasteiger partial charge in [0, 0.05) is 61.3 Å². The first-order valence-electron chi connectivity index (χ1n) is 18.0. The van der Waals surface area contributed by atoms with Gasteiger partial charge in [0.15, 0.2) is 29.5 Å². The second-order valence-electron chi connectivity index (χ2n) is 14.0. The minimum Gasteiger partial charge on any atom is -0.468 e. The van der Waals surface area contributed by atoms with E-state index in [9.17, 15) is 24.0 Å². The van der Waals surface area contributed by atoms with Crippen LogP contribution in [-0.2, 0) is 19.1 Å². The number of Topliss-reactive ketones (excluding diaryl/α,β-unsaturated/α-hetero) is 1. The Morgan fingerprint density at radius 3 is 2.46 bits per heavy atom. The molecule has 57 heavy (non-hydrogen) atoms. The molecule has 3 unspecified atom stereocenters. The summed E-state index contributed by atoms with van der Waals surface area (Å²) in [6, 6.07) is 14.6. The van der Waals surface area contributed by atoms with Gasteiger partial charge in [-0.3, -0.25) is 38.8 Å². The number of ketones is 1. The molecule has 0 saturated carbocycles. The summed E-state index contributed by atoms with van der Waals surface area (Å²) in [6.07, 6.45) is 0.989. The van der Waals surface area contributed by atoms with Crippen molar-refractivity contribution in [2.24, 2.45) is 20.7 Å². The summed E-state index contributed by atoms with van der Waals surface area (Å²) in [5.41, 5.74) is 13.3. The number of aromatic nitrogens is 2. The number of fused-ring (bicyclic) bond motifs is 2. The molecule has 7 rings (SSSR count). The minimum atomic E-state index is -0.902. The molecule has 300 valence electrons. The first-order valence-corrected chi connectivity index (χ1v) is 18.0. The van der Waals surface area contributed by atoms with Gasteiger partial charge in [0.1, 0.15) is 11.5 Å². The zero-order valence-electron chi connectivity index (χ0n) is 31.9. The molecule has 20 nitrogen and oxygen atoms in total. The summed E-state index contributed by atoms with van der Waals surface area (Å²) in [6.45, 7) is 6.43. The van der Waals surface area contributed by atoms with E-state index in [0.717, 1.165) is 23.8 Å². The number of amides is 1. The number of nitrogens with two attached hydrogens (primary N) is 2. The van der Waals surface area contributed by atoms with E-state index in [2.05, 4.69) is 57.5 Å². The number of aliphatic imine (C=N–C) groups is 3. The number of likely N-dealkylation sites (N-methyl/N-ethyl adjacent to an activating group) is 2. The third-order valence-electron chi connectivity index (χ3n) is 10.4. The van der Waals surface area contributed by atoms with Crippen LogP contribution in [0.4, 0.5) is 28.8 Å². The number of amidine groups is 1. The maximum atomic E-state index is 12.6. The third-order valence-corrected chi connectivity index (χ3v) is 10.4. The van der Waals surface area contributed by atoms with Crippen molar-refractivity contribution in [2.45, 2.75) is 43.7 Å². The number of ether oxygens (including phenoxy) is 2. The molecule has 1 aromatic heterocycles. The summed E-state index contributed by atoms with van der Waals surface area (Å²) in [5, 5.41) is 9.02. The van der Waals surface area contributed by atoms with Crippen LogP contribution >= 0.6 is 0 Å². The molecular formula is C37H45N13O7. The summed E-state index contributed by atoms with van der Waals surface area (Å²) in [7, 11) is 3.87. The number of hydrogen-bond acceptors (Lipinski definition) is 18. The van der Waals surface area contributed by atoms with Crippen molar-refractivity contribution in [3.63, 3.8) is 0 Å². The molecule has 1 spiro atoms. The van der Waals surface area contributed by atoms with Crippen LogP contribution in [0, 0.1) is 0 Å². The summed E-state index contributed by atoms with van der Waals surface area (Å²) < 4.78 is 9.44. The lowest BCUT2D eigenvalue weighted by atomic mass is 9.99. The van der Waals surface area contributed by atoms with E-state index < -0.39 is 23.3 Å². The summed E-state index contributed by atoms with van der Waals surface area (Å²) >= 11 is 0. The van der Waals surface area contributed by atoms with Crippen LogP contribution in [-0.4, -0.2) is 128 Å². The number of benzene rings is 2. The van der Waals surface area contributed by atoms with E-state index in [1.54, 1.807) is 30.5 Å². The van der Waals surface area contributed by atoms with Gasteiger partial charge in [-0.2, -0.15) is 4.98 Å². The van der Waals surface area contributed by atoms with Gasteiger partial charge < -0.3 is 46.7 Å². The van der Waals surface area contributed by atoms with Gasteiger partial charge in [-0.05, 0) is 69.4 Å². The number of anilines is 4. The number of rotatable bonds is 13. The van der Waals surface area contributed by atoms with E-state index in [1.165, 1.54) is 6.92 Å². The number of nitrogen functional groups attached to an aromatic ring is 1. The number of nitrogens with one attached hydrogen (secondary N) is 4. The van der Waals surface area contributed by atoms with E-state index >= 15 is 0 Å². The molecule has 2 aromatic carbocycles. The monoisotopic (exact) mass is 783 g/mol. The molecule has 4 aliphatic heterocycles. The van der Waals surface area contributed by atoms with Gasteiger partial charge in [-0.15, -0.1) is 0 Å². The van der Waals surface area contributed by atoms with Crippen molar-refractivity contribution in [1.29, 1.82) is 0 Å². The normalized spacial score (nSPS) is 22.2. The number of H-pyrrole nitrogens is 1. The Balaban J connectivity index is 0.000000199. The molecule has 0 aliphatic carbocycles. The Morgan fingerprint density at radius 1 is 1.05 bits per heavy atom. The minimum absolute atomic E-state index is 0.0118.